The Morgan fingerprint density at radius 2 is 2.36 bits per heavy atom. The molecule has 0 unspecified atom stereocenters. The van der Waals surface area contributed by atoms with Crippen molar-refractivity contribution in [2.75, 3.05) is 5.73 Å². The predicted molar refractivity (Wildman–Crippen MR) is 53.2 cm³/mol. The number of halogens is 1. The van der Waals surface area contributed by atoms with Crippen molar-refractivity contribution in [1.82, 2.24) is 9.97 Å². The van der Waals surface area contributed by atoms with E-state index >= 15 is 0 Å². The summed E-state index contributed by atoms with van der Waals surface area (Å²) in [7, 11) is 0. The number of anilines is 1. The molecule has 0 fully saturated rings. The summed E-state index contributed by atoms with van der Waals surface area (Å²) >= 11 is 2.14. The van der Waals surface area contributed by atoms with Gasteiger partial charge in [-0.2, -0.15) is 0 Å². The van der Waals surface area contributed by atoms with Crippen LogP contribution in [0.5, 0.6) is 0 Å². The molecule has 3 N–H and O–H groups in total. The summed E-state index contributed by atoms with van der Waals surface area (Å²) in [6, 6.07) is 3.78. The summed E-state index contributed by atoms with van der Waals surface area (Å²) in [6.07, 6.45) is 1.84. The van der Waals surface area contributed by atoms with Crippen molar-refractivity contribution in [3.05, 3.63) is 22.0 Å². The lowest BCUT2D eigenvalue weighted by atomic mass is 10.3. The maximum Gasteiger partial charge on any atom is 0.140 e. The molecule has 2 heterocycles. The number of nitrogen functional groups attached to an aromatic ring is 1. The molecule has 2 rings (SSSR count). The number of nitrogens with zero attached hydrogens (tertiary/aromatic N) is 1. The first kappa shape index (κ1) is 6.90. The average Bonchev–Trinajstić information content (AvgIpc) is 2.34. The first-order valence-electron chi connectivity index (χ1n) is 3.16. The Kier molecular flexibility index (Phi) is 1.49. The zero-order valence-corrected chi connectivity index (χ0v) is 7.79. The van der Waals surface area contributed by atoms with Crippen LogP contribution in [0, 0.1) is 3.70 Å². The van der Waals surface area contributed by atoms with E-state index < -0.39 is 0 Å². The van der Waals surface area contributed by atoms with Crippen molar-refractivity contribution in [2.24, 2.45) is 0 Å². The van der Waals surface area contributed by atoms with E-state index in [-0.39, 0.29) is 0 Å². The number of rotatable bonds is 0. The van der Waals surface area contributed by atoms with Crippen molar-refractivity contribution in [2.45, 2.75) is 0 Å². The molecule has 56 valence electrons. The van der Waals surface area contributed by atoms with Gasteiger partial charge in [0.25, 0.3) is 0 Å². The van der Waals surface area contributed by atoms with Gasteiger partial charge in [-0.25, -0.2) is 4.98 Å². The Morgan fingerprint density at radius 1 is 1.55 bits per heavy atom. The van der Waals surface area contributed by atoms with Gasteiger partial charge < -0.3 is 10.7 Å². The average molecular weight is 259 g/mol. The number of aromatic nitrogens is 2. The van der Waals surface area contributed by atoms with Crippen molar-refractivity contribution >= 4 is 39.3 Å². The fourth-order valence-electron chi connectivity index (χ4n) is 1.03. The topological polar surface area (TPSA) is 54.7 Å². The second-order valence-electron chi connectivity index (χ2n) is 2.27. The Bertz CT molecular complexity index is 393. The number of hydrogen-bond donors (Lipinski definition) is 2. The van der Waals surface area contributed by atoms with Crippen LogP contribution < -0.4 is 5.73 Å². The predicted octanol–water partition coefficient (Wildman–Crippen LogP) is 1.75. The van der Waals surface area contributed by atoms with Gasteiger partial charge in [-0.05, 0) is 34.7 Å². The Morgan fingerprint density at radius 3 is 3.18 bits per heavy atom. The minimum absolute atomic E-state index is 0.778. The summed E-state index contributed by atoms with van der Waals surface area (Å²) in [6.45, 7) is 0. The summed E-state index contributed by atoms with van der Waals surface area (Å²) in [4.78, 5) is 7.25. The third kappa shape index (κ3) is 1.07. The number of nitrogens with two attached hydrogens (primary N) is 1. The normalized spacial score (nSPS) is 10.6. The summed E-state index contributed by atoms with van der Waals surface area (Å²) in [5, 5.41) is 0.991. The molecule has 0 atom stereocenters. The van der Waals surface area contributed by atoms with Crippen LogP contribution in [0.15, 0.2) is 18.3 Å². The SMILES string of the molecule is Nc1cc(I)nc2[nH]ccc12. The third-order valence-electron chi connectivity index (χ3n) is 1.53. The summed E-state index contributed by atoms with van der Waals surface area (Å²) < 4.78 is 0.912. The molecule has 4 heteroatoms. The maximum absolute atomic E-state index is 5.74. The highest BCUT2D eigenvalue weighted by molar-refractivity contribution is 14.1. The molecule has 0 saturated carbocycles. The van der Waals surface area contributed by atoms with Crippen LogP contribution in [-0.2, 0) is 0 Å². The van der Waals surface area contributed by atoms with Gasteiger partial charge in [0.05, 0.1) is 0 Å². The lowest BCUT2D eigenvalue weighted by Crippen LogP contribution is -1.89. The van der Waals surface area contributed by atoms with Crippen molar-refractivity contribution < 1.29 is 0 Å². The van der Waals surface area contributed by atoms with Gasteiger partial charge in [-0.3, -0.25) is 0 Å². The van der Waals surface area contributed by atoms with E-state index in [1.165, 1.54) is 0 Å². The molecule has 0 amide bonds. The molecule has 0 saturated heterocycles. The van der Waals surface area contributed by atoms with Gasteiger partial charge in [-0.1, -0.05) is 0 Å². The van der Waals surface area contributed by atoms with Gasteiger partial charge in [0, 0.05) is 17.3 Å². The molecule has 0 bridgehead atoms. The number of pyridine rings is 1. The monoisotopic (exact) mass is 259 g/mol. The van der Waals surface area contributed by atoms with Crippen molar-refractivity contribution in [3.63, 3.8) is 0 Å². The zero-order chi connectivity index (χ0) is 7.84. The Balaban J connectivity index is 2.91. The summed E-state index contributed by atoms with van der Waals surface area (Å²) in [5.41, 5.74) is 7.37. The standard InChI is InChI=1S/C7H6IN3/c8-6-3-5(9)4-1-2-10-7(4)11-6/h1-3H,(H3,9,10,11). The number of nitrogens with one attached hydrogen (secondary N) is 1. The van der Waals surface area contributed by atoms with Crippen LogP contribution in [0.25, 0.3) is 11.0 Å². The molecule has 11 heavy (non-hydrogen) atoms. The molecule has 0 aliphatic heterocycles. The molecule has 3 nitrogen and oxygen atoms in total. The molecular formula is C7H6IN3. The fraction of sp³-hybridized carbons (Fsp3) is 0. The molecule has 0 spiro atoms. The quantitative estimate of drug-likeness (QED) is 0.559. The van der Waals surface area contributed by atoms with Gasteiger partial charge in [0.2, 0.25) is 0 Å². The van der Waals surface area contributed by atoms with E-state index in [9.17, 15) is 0 Å². The molecule has 0 aliphatic rings. The smallest absolute Gasteiger partial charge is 0.140 e. The van der Waals surface area contributed by atoms with Crippen LogP contribution in [0.4, 0.5) is 5.69 Å². The second-order valence-corrected chi connectivity index (χ2v) is 3.38. The highest BCUT2D eigenvalue weighted by Crippen LogP contribution is 2.19. The maximum atomic E-state index is 5.74. The minimum atomic E-state index is 0.778. The molecular weight excluding hydrogens is 253 g/mol. The molecule has 2 aromatic heterocycles. The largest absolute Gasteiger partial charge is 0.398 e. The van der Waals surface area contributed by atoms with E-state index in [0.29, 0.717) is 0 Å². The van der Waals surface area contributed by atoms with Crippen molar-refractivity contribution in [3.8, 4) is 0 Å². The fourth-order valence-corrected chi connectivity index (χ4v) is 1.61. The third-order valence-corrected chi connectivity index (χ3v) is 2.08. The highest BCUT2D eigenvalue weighted by Gasteiger charge is 2.00. The zero-order valence-electron chi connectivity index (χ0n) is 5.63. The second kappa shape index (κ2) is 2.37. The Labute approximate surface area is 77.1 Å². The Hall–Kier alpha value is -0.780. The number of H-pyrrole nitrogens is 1. The first-order chi connectivity index (χ1) is 5.27. The lowest BCUT2D eigenvalue weighted by Gasteiger charge is -1.95. The van der Waals surface area contributed by atoms with Gasteiger partial charge in [0.15, 0.2) is 0 Å². The van der Waals surface area contributed by atoms with Crippen LogP contribution in [0.2, 0.25) is 0 Å². The minimum Gasteiger partial charge on any atom is -0.398 e. The van der Waals surface area contributed by atoms with Crippen LogP contribution >= 0.6 is 22.6 Å². The molecule has 0 aromatic carbocycles. The number of fused-ring (bicyclic) bond motifs is 1. The van der Waals surface area contributed by atoms with E-state index in [2.05, 4.69) is 32.6 Å². The first-order valence-corrected chi connectivity index (χ1v) is 4.24. The van der Waals surface area contributed by atoms with Crippen LogP contribution in [-0.4, -0.2) is 9.97 Å². The lowest BCUT2D eigenvalue weighted by molar-refractivity contribution is 1.29. The summed E-state index contributed by atoms with van der Waals surface area (Å²) in [5.74, 6) is 0. The highest BCUT2D eigenvalue weighted by atomic mass is 127. The van der Waals surface area contributed by atoms with Gasteiger partial charge in [0.1, 0.15) is 9.35 Å². The van der Waals surface area contributed by atoms with E-state index in [0.717, 1.165) is 20.4 Å². The van der Waals surface area contributed by atoms with E-state index in [1.54, 1.807) is 0 Å². The molecule has 2 aromatic rings. The number of hydrogen-bond acceptors (Lipinski definition) is 2. The van der Waals surface area contributed by atoms with Gasteiger partial charge in [-0.15, -0.1) is 0 Å². The molecule has 0 radical (unpaired) electrons. The van der Waals surface area contributed by atoms with Gasteiger partial charge >= 0.3 is 0 Å². The van der Waals surface area contributed by atoms with Crippen molar-refractivity contribution in [1.29, 1.82) is 0 Å². The van der Waals surface area contributed by atoms with Crippen LogP contribution in [0.3, 0.4) is 0 Å². The van der Waals surface area contributed by atoms with E-state index in [1.807, 2.05) is 18.3 Å². The van der Waals surface area contributed by atoms with Crippen LogP contribution in [0.1, 0.15) is 0 Å². The number of aromatic amines is 1. The molecule has 0 aliphatic carbocycles. The van der Waals surface area contributed by atoms with E-state index in [4.69, 9.17) is 5.73 Å².